The van der Waals surface area contributed by atoms with Gasteiger partial charge in [-0.25, -0.2) is 4.99 Å². The van der Waals surface area contributed by atoms with Crippen LogP contribution in [0.3, 0.4) is 0 Å². The number of rotatable bonds is 3. The van der Waals surface area contributed by atoms with Crippen LogP contribution in [-0.2, 0) is 11.2 Å². The van der Waals surface area contributed by atoms with E-state index in [0.29, 0.717) is 15.8 Å². The van der Waals surface area contributed by atoms with Crippen LogP contribution in [0.2, 0.25) is 0 Å². The van der Waals surface area contributed by atoms with Crippen LogP contribution in [-0.4, -0.2) is 23.0 Å². The normalized spacial score (nSPS) is 18.6. The van der Waals surface area contributed by atoms with Gasteiger partial charge in [0.2, 0.25) is 0 Å². The standard InChI is InChI=1S/C17H16N2O2S/c1-3-12-6-8-13(9-7-12)18-17-19(2)16(20)15(22-17)11-14-5-4-10-21-14/h4-11H,3H2,1-2H3/b15-11+,18-17?. The van der Waals surface area contributed by atoms with E-state index in [2.05, 4.69) is 24.0 Å². The van der Waals surface area contributed by atoms with Crippen LogP contribution in [0.25, 0.3) is 6.08 Å². The Morgan fingerprint density at radius 3 is 2.68 bits per heavy atom. The van der Waals surface area contributed by atoms with E-state index in [-0.39, 0.29) is 5.91 Å². The van der Waals surface area contributed by atoms with Gasteiger partial charge in [0.1, 0.15) is 5.76 Å². The molecule has 0 unspecified atom stereocenters. The highest BCUT2D eigenvalue weighted by molar-refractivity contribution is 8.18. The van der Waals surface area contributed by atoms with Crippen molar-refractivity contribution in [2.45, 2.75) is 13.3 Å². The fourth-order valence-electron chi connectivity index (χ4n) is 2.07. The molecule has 2 aromatic rings. The number of hydrogen-bond acceptors (Lipinski definition) is 4. The summed E-state index contributed by atoms with van der Waals surface area (Å²) in [6.07, 6.45) is 4.33. The van der Waals surface area contributed by atoms with E-state index >= 15 is 0 Å². The largest absolute Gasteiger partial charge is 0.465 e. The number of likely N-dealkylation sites (N-methyl/N-ethyl adjacent to an activating group) is 1. The lowest BCUT2D eigenvalue weighted by Crippen LogP contribution is -2.23. The maximum Gasteiger partial charge on any atom is 0.266 e. The Bertz CT molecular complexity index is 731. The van der Waals surface area contributed by atoms with Crippen molar-refractivity contribution in [3.63, 3.8) is 0 Å². The van der Waals surface area contributed by atoms with Crippen molar-refractivity contribution in [2.75, 3.05) is 7.05 Å². The van der Waals surface area contributed by atoms with Gasteiger partial charge in [0.05, 0.1) is 16.9 Å². The predicted molar refractivity (Wildman–Crippen MR) is 90.0 cm³/mol. The van der Waals surface area contributed by atoms with Crippen molar-refractivity contribution in [1.29, 1.82) is 0 Å². The average molecular weight is 312 g/mol. The van der Waals surface area contributed by atoms with Gasteiger partial charge < -0.3 is 4.42 Å². The Labute approximate surface area is 133 Å². The van der Waals surface area contributed by atoms with E-state index in [9.17, 15) is 4.79 Å². The van der Waals surface area contributed by atoms with Crippen LogP contribution in [0.1, 0.15) is 18.2 Å². The Morgan fingerprint density at radius 1 is 1.27 bits per heavy atom. The molecule has 0 radical (unpaired) electrons. The Morgan fingerprint density at radius 2 is 2.05 bits per heavy atom. The van der Waals surface area contributed by atoms with Gasteiger partial charge in [0.25, 0.3) is 5.91 Å². The molecule has 5 heteroatoms. The average Bonchev–Trinajstić information content (AvgIpc) is 3.13. The highest BCUT2D eigenvalue weighted by atomic mass is 32.2. The number of carbonyl (C=O) groups excluding carboxylic acids is 1. The molecule has 0 aliphatic carbocycles. The lowest BCUT2D eigenvalue weighted by atomic mass is 10.2. The second-order valence-corrected chi connectivity index (χ2v) is 5.91. The maximum atomic E-state index is 12.2. The summed E-state index contributed by atoms with van der Waals surface area (Å²) in [7, 11) is 1.73. The summed E-state index contributed by atoms with van der Waals surface area (Å²) in [5.74, 6) is 0.600. The van der Waals surface area contributed by atoms with E-state index in [1.165, 1.54) is 17.3 Å². The molecule has 3 rings (SSSR count). The number of amidine groups is 1. The number of nitrogens with zero attached hydrogens (tertiary/aromatic N) is 2. The molecule has 4 nitrogen and oxygen atoms in total. The van der Waals surface area contributed by atoms with Crippen molar-refractivity contribution in [3.05, 3.63) is 58.9 Å². The van der Waals surface area contributed by atoms with E-state index < -0.39 is 0 Å². The minimum atomic E-state index is -0.0645. The quantitative estimate of drug-likeness (QED) is 0.802. The zero-order chi connectivity index (χ0) is 15.5. The van der Waals surface area contributed by atoms with E-state index in [4.69, 9.17) is 4.42 Å². The van der Waals surface area contributed by atoms with Crippen LogP contribution in [0.5, 0.6) is 0 Å². The monoisotopic (exact) mass is 312 g/mol. The number of hydrogen-bond donors (Lipinski definition) is 0. The van der Waals surface area contributed by atoms with Crippen molar-refractivity contribution in [2.24, 2.45) is 4.99 Å². The van der Waals surface area contributed by atoms with Crippen LogP contribution >= 0.6 is 11.8 Å². The Balaban J connectivity index is 1.85. The van der Waals surface area contributed by atoms with Crippen LogP contribution in [0, 0.1) is 0 Å². The van der Waals surface area contributed by atoms with Gasteiger partial charge in [-0.3, -0.25) is 9.69 Å². The molecule has 1 aliphatic heterocycles. The molecule has 0 atom stereocenters. The predicted octanol–water partition coefficient (Wildman–Crippen LogP) is 4.08. The number of aliphatic imine (C=N–C) groups is 1. The maximum absolute atomic E-state index is 12.2. The van der Waals surface area contributed by atoms with Gasteiger partial charge in [0, 0.05) is 13.1 Å². The molecule has 0 spiro atoms. The fourth-order valence-corrected chi connectivity index (χ4v) is 3.04. The molecule has 2 heterocycles. The van der Waals surface area contributed by atoms with Crippen LogP contribution < -0.4 is 0 Å². The summed E-state index contributed by atoms with van der Waals surface area (Å²) < 4.78 is 5.26. The van der Waals surface area contributed by atoms with Gasteiger partial charge in [0.15, 0.2) is 5.17 Å². The number of aryl methyl sites for hydroxylation is 1. The zero-order valence-electron chi connectivity index (χ0n) is 12.4. The lowest BCUT2D eigenvalue weighted by Gasteiger charge is -2.07. The molecular weight excluding hydrogens is 296 g/mol. The third kappa shape index (κ3) is 2.99. The Hall–Kier alpha value is -2.27. The first-order valence-corrected chi connectivity index (χ1v) is 7.88. The van der Waals surface area contributed by atoms with Crippen molar-refractivity contribution >= 4 is 34.6 Å². The molecular formula is C17H16N2O2S. The highest BCUT2D eigenvalue weighted by Gasteiger charge is 2.30. The summed E-state index contributed by atoms with van der Waals surface area (Å²) in [4.78, 5) is 19.0. The first-order chi connectivity index (χ1) is 10.7. The topological polar surface area (TPSA) is 45.8 Å². The molecule has 1 aromatic carbocycles. The van der Waals surface area contributed by atoms with Gasteiger partial charge >= 0.3 is 0 Å². The summed E-state index contributed by atoms with van der Waals surface area (Å²) in [6, 6.07) is 11.7. The first kappa shape index (κ1) is 14.7. The molecule has 0 N–H and O–H groups in total. The number of thioether (sulfide) groups is 1. The first-order valence-electron chi connectivity index (χ1n) is 7.06. The molecule has 112 valence electrons. The molecule has 0 saturated carbocycles. The molecule has 1 fully saturated rings. The summed E-state index contributed by atoms with van der Waals surface area (Å²) in [5.41, 5.74) is 2.12. The molecule has 1 amide bonds. The smallest absolute Gasteiger partial charge is 0.266 e. The van der Waals surface area contributed by atoms with Crippen molar-refractivity contribution in [1.82, 2.24) is 4.90 Å². The molecule has 22 heavy (non-hydrogen) atoms. The van der Waals surface area contributed by atoms with Gasteiger partial charge in [-0.15, -0.1) is 0 Å². The number of benzene rings is 1. The third-order valence-electron chi connectivity index (χ3n) is 3.39. The van der Waals surface area contributed by atoms with E-state index in [0.717, 1.165) is 12.1 Å². The summed E-state index contributed by atoms with van der Waals surface area (Å²) >= 11 is 1.36. The van der Waals surface area contributed by atoms with Crippen LogP contribution in [0.4, 0.5) is 5.69 Å². The van der Waals surface area contributed by atoms with Gasteiger partial charge in [-0.1, -0.05) is 19.1 Å². The minimum Gasteiger partial charge on any atom is -0.465 e. The minimum absolute atomic E-state index is 0.0645. The number of furan rings is 1. The summed E-state index contributed by atoms with van der Waals surface area (Å²) in [6.45, 7) is 2.12. The second-order valence-electron chi connectivity index (χ2n) is 4.90. The lowest BCUT2D eigenvalue weighted by molar-refractivity contribution is -0.121. The van der Waals surface area contributed by atoms with E-state index in [1.54, 1.807) is 30.4 Å². The fraction of sp³-hybridized carbons (Fsp3) is 0.176. The molecule has 1 aliphatic rings. The van der Waals surface area contributed by atoms with Gasteiger partial charge in [-0.2, -0.15) is 0 Å². The third-order valence-corrected chi connectivity index (χ3v) is 4.45. The summed E-state index contributed by atoms with van der Waals surface area (Å²) in [5, 5.41) is 0.673. The molecule has 1 aromatic heterocycles. The van der Waals surface area contributed by atoms with Crippen molar-refractivity contribution < 1.29 is 9.21 Å². The molecule has 1 saturated heterocycles. The Kier molecular flexibility index (Phi) is 4.15. The van der Waals surface area contributed by atoms with Gasteiger partial charge in [-0.05, 0) is 48.0 Å². The highest BCUT2D eigenvalue weighted by Crippen LogP contribution is 2.33. The number of carbonyl (C=O) groups is 1. The van der Waals surface area contributed by atoms with E-state index in [1.807, 2.05) is 18.2 Å². The van der Waals surface area contributed by atoms with Crippen molar-refractivity contribution in [3.8, 4) is 0 Å². The SMILES string of the molecule is CCc1ccc(N=C2S/C(=C/c3ccco3)C(=O)N2C)cc1. The zero-order valence-corrected chi connectivity index (χ0v) is 13.3. The molecule has 0 bridgehead atoms. The van der Waals surface area contributed by atoms with Crippen LogP contribution in [0.15, 0.2) is 57.0 Å². The number of amides is 1. The second kappa shape index (κ2) is 6.23.